The van der Waals surface area contributed by atoms with Crippen molar-refractivity contribution in [1.29, 1.82) is 0 Å². The number of amides is 1. The molecule has 0 bridgehead atoms. The molecule has 6 nitrogen and oxygen atoms in total. The van der Waals surface area contributed by atoms with Gasteiger partial charge in [0.05, 0.1) is 12.5 Å². The van der Waals surface area contributed by atoms with Crippen LogP contribution in [0.2, 0.25) is 0 Å². The van der Waals surface area contributed by atoms with Gasteiger partial charge >= 0.3 is 0 Å². The Balaban J connectivity index is 1.92. The molecule has 1 aliphatic rings. The molecule has 0 saturated carbocycles. The van der Waals surface area contributed by atoms with Crippen LogP contribution in [0.3, 0.4) is 0 Å². The van der Waals surface area contributed by atoms with E-state index in [1.165, 1.54) is 0 Å². The van der Waals surface area contributed by atoms with Gasteiger partial charge in [-0.3, -0.25) is 9.69 Å². The number of piperidine rings is 1. The number of likely N-dealkylation sites (tertiary alicyclic amines) is 1. The average Bonchev–Trinajstić information content (AvgIpc) is 2.77. The SMILES string of the molecule is CNc1nnc(CN2CCCC(C(N)=O)C2)s1. The van der Waals surface area contributed by atoms with E-state index >= 15 is 0 Å². The number of hydrogen-bond acceptors (Lipinski definition) is 6. The first-order valence-corrected chi connectivity index (χ1v) is 6.52. The monoisotopic (exact) mass is 255 g/mol. The van der Waals surface area contributed by atoms with Crippen molar-refractivity contribution in [3.63, 3.8) is 0 Å². The molecular weight excluding hydrogens is 238 g/mol. The first-order valence-electron chi connectivity index (χ1n) is 5.71. The highest BCUT2D eigenvalue weighted by atomic mass is 32.1. The molecular formula is C10H17N5OS. The standard InChI is InChI=1S/C10H17N5OS/c1-12-10-14-13-8(17-10)6-15-4-2-3-7(5-15)9(11)16/h7H,2-6H2,1H3,(H2,11,16)(H,12,14). The van der Waals surface area contributed by atoms with Gasteiger partial charge < -0.3 is 11.1 Å². The van der Waals surface area contributed by atoms with Gasteiger partial charge in [-0.15, -0.1) is 10.2 Å². The highest BCUT2D eigenvalue weighted by molar-refractivity contribution is 7.15. The highest BCUT2D eigenvalue weighted by Gasteiger charge is 2.24. The zero-order chi connectivity index (χ0) is 12.3. The third kappa shape index (κ3) is 3.13. The smallest absolute Gasteiger partial charge is 0.221 e. The van der Waals surface area contributed by atoms with Crippen LogP contribution < -0.4 is 11.1 Å². The summed E-state index contributed by atoms with van der Waals surface area (Å²) in [6.07, 6.45) is 1.93. The van der Waals surface area contributed by atoms with E-state index in [1.54, 1.807) is 11.3 Å². The molecule has 1 atom stereocenters. The molecule has 2 heterocycles. The van der Waals surface area contributed by atoms with Crippen LogP contribution in [0.5, 0.6) is 0 Å². The third-order valence-corrected chi connectivity index (χ3v) is 3.87. The quantitative estimate of drug-likeness (QED) is 0.807. The Labute approximate surface area is 104 Å². The van der Waals surface area contributed by atoms with Crippen molar-refractivity contribution in [2.45, 2.75) is 19.4 Å². The van der Waals surface area contributed by atoms with Gasteiger partial charge in [0.1, 0.15) is 5.01 Å². The maximum absolute atomic E-state index is 11.2. The molecule has 2 rings (SSSR count). The van der Waals surface area contributed by atoms with Crippen molar-refractivity contribution in [2.24, 2.45) is 11.7 Å². The summed E-state index contributed by atoms with van der Waals surface area (Å²) in [6, 6.07) is 0. The number of primary amides is 1. The van der Waals surface area contributed by atoms with Crippen LogP contribution in [0.4, 0.5) is 5.13 Å². The van der Waals surface area contributed by atoms with E-state index < -0.39 is 0 Å². The van der Waals surface area contributed by atoms with Gasteiger partial charge in [-0.05, 0) is 19.4 Å². The minimum atomic E-state index is -0.192. The molecule has 0 radical (unpaired) electrons. The highest BCUT2D eigenvalue weighted by Crippen LogP contribution is 2.21. The first-order chi connectivity index (χ1) is 8.19. The fourth-order valence-corrected chi connectivity index (χ4v) is 2.78. The minimum Gasteiger partial charge on any atom is -0.369 e. The Bertz CT molecular complexity index is 394. The Hall–Kier alpha value is -1.21. The van der Waals surface area contributed by atoms with Gasteiger partial charge in [-0.25, -0.2) is 0 Å². The van der Waals surface area contributed by atoms with Crippen LogP contribution in [0.15, 0.2) is 0 Å². The minimum absolute atomic E-state index is 0.0135. The number of nitrogens with one attached hydrogen (secondary N) is 1. The Kier molecular flexibility index (Phi) is 3.90. The normalized spacial score (nSPS) is 21.4. The van der Waals surface area contributed by atoms with E-state index in [4.69, 9.17) is 5.73 Å². The molecule has 3 N–H and O–H groups in total. The molecule has 1 unspecified atom stereocenters. The van der Waals surface area contributed by atoms with E-state index in [9.17, 15) is 4.79 Å². The van der Waals surface area contributed by atoms with Crippen molar-refractivity contribution >= 4 is 22.4 Å². The predicted octanol–water partition coefficient (Wildman–Crippen LogP) is 0.277. The summed E-state index contributed by atoms with van der Waals surface area (Å²) < 4.78 is 0. The molecule has 1 aromatic rings. The molecule has 1 saturated heterocycles. The summed E-state index contributed by atoms with van der Waals surface area (Å²) in [4.78, 5) is 13.4. The Morgan fingerprint density at radius 1 is 1.65 bits per heavy atom. The molecule has 17 heavy (non-hydrogen) atoms. The van der Waals surface area contributed by atoms with Crippen molar-refractivity contribution in [3.05, 3.63) is 5.01 Å². The molecule has 1 amide bonds. The maximum Gasteiger partial charge on any atom is 0.221 e. The van der Waals surface area contributed by atoms with Gasteiger partial charge in [0.2, 0.25) is 11.0 Å². The molecule has 94 valence electrons. The summed E-state index contributed by atoms with van der Waals surface area (Å²) in [5, 5.41) is 12.9. The lowest BCUT2D eigenvalue weighted by Gasteiger charge is -2.30. The van der Waals surface area contributed by atoms with Gasteiger partial charge in [0.25, 0.3) is 0 Å². The fourth-order valence-electron chi connectivity index (χ4n) is 2.04. The number of hydrogen-bond donors (Lipinski definition) is 2. The van der Waals surface area contributed by atoms with Crippen molar-refractivity contribution in [2.75, 3.05) is 25.5 Å². The van der Waals surface area contributed by atoms with Crippen LogP contribution in [-0.2, 0) is 11.3 Å². The number of anilines is 1. The predicted molar refractivity (Wildman–Crippen MR) is 66.7 cm³/mol. The molecule has 0 aliphatic carbocycles. The number of carbonyl (C=O) groups excluding carboxylic acids is 1. The van der Waals surface area contributed by atoms with Crippen molar-refractivity contribution in [3.8, 4) is 0 Å². The van der Waals surface area contributed by atoms with Gasteiger partial charge in [0, 0.05) is 13.6 Å². The summed E-state index contributed by atoms with van der Waals surface area (Å²) in [7, 11) is 1.83. The van der Waals surface area contributed by atoms with Crippen LogP contribution in [0.1, 0.15) is 17.8 Å². The second-order valence-electron chi connectivity index (χ2n) is 4.23. The molecule has 0 aromatic carbocycles. The number of nitrogens with two attached hydrogens (primary N) is 1. The summed E-state index contributed by atoms with van der Waals surface area (Å²) in [5.41, 5.74) is 5.35. The molecule has 7 heteroatoms. The third-order valence-electron chi connectivity index (χ3n) is 2.95. The average molecular weight is 255 g/mol. The first kappa shape index (κ1) is 12.3. The van der Waals surface area contributed by atoms with Crippen LogP contribution in [0.25, 0.3) is 0 Å². The second kappa shape index (κ2) is 5.42. The van der Waals surface area contributed by atoms with E-state index in [1.807, 2.05) is 7.05 Å². The van der Waals surface area contributed by atoms with E-state index in [2.05, 4.69) is 20.4 Å². The van der Waals surface area contributed by atoms with Gasteiger partial charge in [0.15, 0.2) is 0 Å². The van der Waals surface area contributed by atoms with Gasteiger partial charge in [-0.1, -0.05) is 11.3 Å². The summed E-state index contributed by atoms with van der Waals surface area (Å²) >= 11 is 1.54. The molecule has 0 spiro atoms. The molecule has 1 aromatic heterocycles. The lowest BCUT2D eigenvalue weighted by molar-refractivity contribution is -0.123. The Morgan fingerprint density at radius 2 is 2.47 bits per heavy atom. The fraction of sp³-hybridized carbons (Fsp3) is 0.700. The lowest BCUT2D eigenvalue weighted by atomic mass is 9.98. The topological polar surface area (TPSA) is 84.1 Å². The van der Waals surface area contributed by atoms with Crippen molar-refractivity contribution < 1.29 is 4.79 Å². The van der Waals surface area contributed by atoms with Crippen LogP contribution >= 0.6 is 11.3 Å². The zero-order valence-corrected chi connectivity index (χ0v) is 10.7. The number of rotatable bonds is 4. The summed E-state index contributed by atoms with van der Waals surface area (Å²) in [6.45, 7) is 2.49. The lowest BCUT2D eigenvalue weighted by Crippen LogP contribution is -2.40. The number of carbonyl (C=O) groups is 1. The van der Waals surface area contributed by atoms with Crippen LogP contribution in [-0.4, -0.2) is 41.1 Å². The van der Waals surface area contributed by atoms with Crippen molar-refractivity contribution in [1.82, 2.24) is 15.1 Å². The molecule has 1 aliphatic heterocycles. The van der Waals surface area contributed by atoms with Gasteiger partial charge in [-0.2, -0.15) is 0 Å². The largest absolute Gasteiger partial charge is 0.369 e. The number of aromatic nitrogens is 2. The Morgan fingerprint density at radius 3 is 3.12 bits per heavy atom. The summed E-state index contributed by atoms with van der Waals surface area (Å²) in [5.74, 6) is -0.205. The van der Waals surface area contributed by atoms with E-state index in [0.29, 0.717) is 0 Å². The number of nitrogens with zero attached hydrogens (tertiary/aromatic N) is 3. The second-order valence-corrected chi connectivity index (χ2v) is 5.29. The van der Waals surface area contributed by atoms with E-state index in [0.717, 1.165) is 42.6 Å². The van der Waals surface area contributed by atoms with Crippen LogP contribution in [0, 0.1) is 5.92 Å². The maximum atomic E-state index is 11.2. The zero-order valence-electron chi connectivity index (χ0n) is 9.85. The van der Waals surface area contributed by atoms with E-state index in [-0.39, 0.29) is 11.8 Å². The molecule has 1 fully saturated rings.